The standard InChI is InChI=1S/C28H34ClN5O4S/c29-24-12-9-13-25(20-24)34-28(35)27(26(22-31-34)32-15-17-33(18-16-32)39(36)37)38-19-8-3-1-2-7-14-30-21-23-10-5-4-6-11-23/h2,4-7,9-13,20,22,30H,1,3,8,14-19,21H2,(H,36,37)/p-1. The second kappa shape index (κ2) is 14.9. The predicted octanol–water partition coefficient (Wildman–Crippen LogP) is 3.70. The highest BCUT2D eigenvalue weighted by Crippen LogP contribution is 2.26. The highest BCUT2D eigenvalue weighted by Gasteiger charge is 2.24. The predicted molar refractivity (Wildman–Crippen MR) is 154 cm³/mol. The van der Waals surface area contributed by atoms with E-state index in [0.29, 0.717) is 49.2 Å². The van der Waals surface area contributed by atoms with E-state index in [1.807, 2.05) is 23.1 Å². The van der Waals surface area contributed by atoms with E-state index in [2.05, 4.69) is 34.7 Å². The van der Waals surface area contributed by atoms with Crippen molar-refractivity contribution in [3.8, 4) is 11.4 Å². The Morgan fingerprint density at radius 1 is 1.05 bits per heavy atom. The third-order valence-electron chi connectivity index (χ3n) is 6.37. The molecule has 2 heterocycles. The van der Waals surface area contributed by atoms with Gasteiger partial charge in [-0.1, -0.05) is 60.2 Å². The molecule has 1 aliphatic heterocycles. The van der Waals surface area contributed by atoms with Crippen LogP contribution in [0, 0.1) is 0 Å². The Bertz CT molecular complexity index is 1310. The Morgan fingerprint density at radius 2 is 1.85 bits per heavy atom. The fraction of sp³-hybridized carbons (Fsp3) is 0.357. The van der Waals surface area contributed by atoms with Gasteiger partial charge in [0.1, 0.15) is 5.69 Å². The van der Waals surface area contributed by atoms with Gasteiger partial charge < -0.3 is 19.5 Å². The topological polar surface area (TPSA) is 103 Å². The van der Waals surface area contributed by atoms with Crippen molar-refractivity contribution in [2.24, 2.45) is 0 Å². The van der Waals surface area contributed by atoms with Gasteiger partial charge in [0.15, 0.2) is 0 Å². The first kappa shape index (κ1) is 29.0. The van der Waals surface area contributed by atoms with Crippen molar-refractivity contribution in [1.29, 1.82) is 0 Å². The van der Waals surface area contributed by atoms with Crippen molar-refractivity contribution in [3.05, 3.63) is 93.9 Å². The van der Waals surface area contributed by atoms with Crippen LogP contribution in [-0.4, -0.2) is 62.2 Å². The summed E-state index contributed by atoms with van der Waals surface area (Å²) in [5.74, 6) is 0.210. The number of hydrogen-bond donors (Lipinski definition) is 1. The first-order chi connectivity index (χ1) is 19.0. The molecule has 4 rings (SSSR count). The van der Waals surface area contributed by atoms with E-state index >= 15 is 0 Å². The first-order valence-corrected chi connectivity index (χ1v) is 14.4. The Balaban J connectivity index is 1.33. The molecular formula is C28H33ClN5O4S-. The maximum atomic E-state index is 13.5. The van der Waals surface area contributed by atoms with Gasteiger partial charge in [-0.05, 0) is 43.0 Å². The van der Waals surface area contributed by atoms with Crippen molar-refractivity contribution in [2.45, 2.75) is 25.8 Å². The van der Waals surface area contributed by atoms with Crippen molar-refractivity contribution < 1.29 is 13.5 Å². The van der Waals surface area contributed by atoms with Crippen LogP contribution in [0.25, 0.3) is 5.69 Å². The fourth-order valence-electron chi connectivity index (χ4n) is 4.30. The van der Waals surface area contributed by atoms with Crippen molar-refractivity contribution in [2.75, 3.05) is 44.2 Å². The van der Waals surface area contributed by atoms with Gasteiger partial charge in [0.2, 0.25) is 5.75 Å². The van der Waals surface area contributed by atoms with Gasteiger partial charge >= 0.3 is 5.56 Å². The third kappa shape index (κ3) is 8.48. The summed E-state index contributed by atoms with van der Waals surface area (Å²) in [6.07, 6.45) is 8.51. The molecule has 39 heavy (non-hydrogen) atoms. The molecule has 1 atom stereocenters. The largest absolute Gasteiger partial charge is 0.760 e. The maximum Gasteiger partial charge on any atom is 0.316 e. The zero-order valence-electron chi connectivity index (χ0n) is 21.7. The lowest BCUT2D eigenvalue weighted by molar-refractivity contribution is 0.299. The molecule has 0 aliphatic carbocycles. The van der Waals surface area contributed by atoms with Crippen molar-refractivity contribution in [3.63, 3.8) is 0 Å². The fourth-order valence-corrected chi connectivity index (χ4v) is 4.94. The lowest BCUT2D eigenvalue weighted by atomic mass is 10.2. The molecule has 0 radical (unpaired) electrons. The van der Waals surface area contributed by atoms with Gasteiger partial charge in [0, 0.05) is 55.6 Å². The van der Waals surface area contributed by atoms with Gasteiger partial charge in [0.05, 0.1) is 18.5 Å². The van der Waals surface area contributed by atoms with Crippen LogP contribution < -0.4 is 20.5 Å². The lowest BCUT2D eigenvalue weighted by Gasteiger charge is -2.36. The highest BCUT2D eigenvalue weighted by molar-refractivity contribution is 7.76. The Hall–Kier alpha value is -3.02. The van der Waals surface area contributed by atoms with E-state index in [1.165, 1.54) is 14.6 Å². The summed E-state index contributed by atoms with van der Waals surface area (Å²) in [7, 11) is 0. The molecule has 9 nitrogen and oxygen atoms in total. The zero-order valence-corrected chi connectivity index (χ0v) is 23.3. The summed E-state index contributed by atoms with van der Waals surface area (Å²) in [4.78, 5) is 15.4. The highest BCUT2D eigenvalue weighted by atomic mass is 35.5. The van der Waals surface area contributed by atoms with E-state index < -0.39 is 11.3 Å². The number of allylic oxidation sites excluding steroid dienone is 1. The normalized spacial score (nSPS) is 15.1. The molecule has 1 aromatic heterocycles. The van der Waals surface area contributed by atoms with Crippen molar-refractivity contribution >= 4 is 28.6 Å². The third-order valence-corrected chi connectivity index (χ3v) is 7.39. The van der Waals surface area contributed by atoms with Crippen LogP contribution in [0.2, 0.25) is 5.02 Å². The SMILES string of the molecule is O=c1c(OCCCCC=CCNCc2ccccc2)c(N2CCN(S(=O)[O-])CC2)cnn1-c1cccc(Cl)c1. The Morgan fingerprint density at radius 3 is 2.59 bits per heavy atom. The van der Waals surface area contributed by atoms with E-state index in [9.17, 15) is 13.6 Å². The quantitative estimate of drug-likeness (QED) is 0.190. The maximum absolute atomic E-state index is 13.5. The van der Waals surface area contributed by atoms with E-state index in [0.717, 1.165) is 32.4 Å². The van der Waals surface area contributed by atoms with Crippen LogP contribution in [0.4, 0.5) is 5.69 Å². The minimum absolute atomic E-state index is 0.210. The zero-order chi connectivity index (χ0) is 27.5. The summed E-state index contributed by atoms with van der Waals surface area (Å²) < 4.78 is 31.3. The monoisotopic (exact) mass is 570 g/mol. The molecule has 2 aromatic carbocycles. The number of rotatable bonds is 13. The summed E-state index contributed by atoms with van der Waals surface area (Å²) in [5, 5.41) is 8.26. The molecule has 1 fully saturated rings. The number of halogens is 1. The van der Waals surface area contributed by atoms with Crippen LogP contribution in [-0.2, 0) is 17.8 Å². The number of benzene rings is 2. The summed E-state index contributed by atoms with van der Waals surface area (Å²) in [6.45, 7) is 3.57. The first-order valence-electron chi connectivity index (χ1n) is 13.0. The van der Waals surface area contributed by atoms with Gasteiger partial charge in [-0.2, -0.15) is 9.78 Å². The summed E-state index contributed by atoms with van der Waals surface area (Å²) in [6, 6.07) is 17.2. The molecule has 1 saturated heterocycles. The van der Waals surface area contributed by atoms with Gasteiger partial charge in [-0.3, -0.25) is 9.00 Å². The van der Waals surface area contributed by atoms with Crippen LogP contribution in [0.15, 0.2) is 77.7 Å². The number of nitrogens with zero attached hydrogens (tertiary/aromatic N) is 4. The second-order valence-electron chi connectivity index (χ2n) is 9.12. The number of aromatic nitrogens is 2. The molecule has 0 saturated carbocycles. The van der Waals surface area contributed by atoms with Crippen LogP contribution >= 0.6 is 11.6 Å². The summed E-state index contributed by atoms with van der Waals surface area (Å²) in [5.41, 5.74) is 1.99. The van der Waals surface area contributed by atoms with Gasteiger partial charge in [-0.15, -0.1) is 0 Å². The minimum atomic E-state index is -2.26. The summed E-state index contributed by atoms with van der Waals surface area (Å²) >= 11 is 3.87. The smallest absolute Gasteiger partial charge is 0.316 e. The van der Waals surface area contributed by atoms with E-state index in [1.54, 1.807) is 30.5 Å². The molecule has 1 aliphatic rings. The van der Waals surface area contributed by atoms with E-state index in [4.69, 9.17) is 16.3 Å². The second-order valence-corrected chi connectivity index (χ2v) is 10.5. The average molecular weight is 571 g/mol. The molecule has 1 unspecified atom stereocenters. The lowest BCUT2D eigenvalue weighted by Crippen LogP contribution is -2.47. The number of unbranched alkanes of at least 4 members (excludes halogenated alkanes) is 2. The Labute approximate surface area is 236 Å². The number of ether oxygens (including phenoxy) is 1. The van der Waals surface area contributed by atoms with Crippen LogP contribution in [0.1, 0.15) is 24.8 Å². The van der Waals surface area contributed by atoms with Gasteiger partial charge in [-0.25, -0.2) is 4.31 Å². The van der Waals surface area contributed by atoms with Crippen molar-refractivity contribution in [1.82, 2.24) is 19.4 Å². The van der Waals surface area contributed by atoms with E-state index in [-0.39, 0.29) is 11.3 Å². The molecule has 208 valence electrons. The number of nitrogens with one attached hydrogen (secondary N) is 1. The van der Waals surface area contributed by atoms with Gasteiger partial charge in [0.25, 0.3) is 0 Å². The average Bonchev–Trinajstić information content (AvgIpc) is 2.95. The molecule has 3 aromatic rings. The van der Waals surface area contributed by atoms with Crippen LogP contribution in [0.3, 0.4) is 0 Å². The molecule has 0 amide bonds. The Kier molecular flexibility index (Phi) is 11.1. The molecule has 1 N–H and O–H groups in total. The molecule has 0 bridgehead atoms. The van der Waals surface area contributed by atoms with Crippen LogP contribution in [0.5, 0.6) is 5.75 Å². The molecular weight excluding hydrogens is 538 g/mol. The number of hydrogen-bond acceptors (Lipinski definition) is 7. The number of piperazine rings is 1. The molecule has 11 heteroatoms. The number of anilines is 1. The molecule has 0 spiro atoms. The minimum Gasteiger partial charge on any atom is -0.760 e.